The van der Waals surface area contributed by atoms with E-state index in [2.05, 4.69) is 17.2 Å². The maximum Gasteiger partial charge on any atom is 0.331 e. The van der Waals surface area contributed by atoms with Crippen LogP contribution in [0.15, 0.2) is 41.3 Å². The van der Waals surface area contributed by atoms with Crippen LogP contribution in [0.2, 0.25) is 0 Å². The molecule has 0 aliphatic heterocycles. The van der Waals surface area contributed by atoms with Crippen LogP contribution in [0.3, 0.4) is 0 Å². The lowest BCUT2D eigenvalue weighted by Crippen LogP contribution is -2.13. The third-order valence-corrected chi connectivity index (χ3v) is 6.27. The number of carboxylic acid groups (broad SMARTS) is 1. The summed E-state index contributed by atoms with van der Waals surface area (Å²) >= 11 is 1.02. The summed E-state index contributed by atoms with van der Waals surface area (Å²) in [6, 6.07) is 6.34. The van der Waals surface area contributed by atoms with Gasteiger partial charge in [0.15, 0.2) is 16.7 Å². The molecule has 1 heterocycles. The number of halogens is 3. The smallest absolute Gasteiger partial charge is 0.331 e. The zero-order valence-electron chi connectivity index (χ0n) is 20.4. The number of nitrogens with zero attached hydrogens (tertiary/aromatic N) is 1. The van der Waals surface area contributed by atoms with E-state index in [-0.39, 0.29) is 33.3 Å². The van der Waals surface area contributed by atoms with Crippen molar-refractivity contribution in [1.29, 1.82) is 0 Å². The van der Waals surface area contributed by atoms with Crippen LogP contribution in [0.4, 0.5) is 18.3 Å². The molecule has 37 heavy (non-hydrogen) atoms. The van der Waals surface area contributed by atoms with E-state index in [1.807, 2.05) is 0 Å². The molecule has 196 valence electrons. The second kappa shape index (κ2) is 13.0. The van der Waals surface area contributed by atoms with Crippen LogP contribution >= 0.6 is 11.3 Å². The molecule has 3 rings (SSSR count). The predicted octanol–water partition coefficient (Wildman–Crippen LogP) is 7.32. The molecule has 2 N–H and O–H groups in total. The molecule has 10 heteroatoms. The number of carboxylic acids is 1. The minimum absolute atomic E-state index is 0.105. The van der Waals surface area contributed by atoms with Crippen LogP contribution in [0.5, 0.6) is 5.75 Å². The molecular formula is C27H27F3N2O4S. The first kappa shape index (κ1) is 27.9. The van der Waals surface area contributed by atoms with Gasteiger partial charge in [0.05, 0.1) is 12.3 Å². The van der Waals surface area contributed by atoms with E-state index in [1.165, 1.54) is 6.92 Å². The Labute approximate surface area is 216 Å². The summed E-state index contributed by atoms with van der Waals surface area (Å²) in [7, 11) is 0. The monoisotopic (exact) mass is 532 g/mol. The average molecular weight is 533 g/mol. The van der Waals surface area contributed by atoms with Gasteiger partial charge in [-0.05, 0) is 43.7 Å². The number of hydrogen-bond donors (Lipinski definition) is 2. The lowest BCUT2D eigenvalue weighted by Gasteiger charge is -2.09. The molecule has 0 radical (unpaired) electrons. The Bertz CT molecular complexity index is 1280. The molecular weight excluding hydrogens is 505 g/mol. The molecule has 0 spiro atoms. The van der Waals surface area contributed by atoms with Crippen molar-refractivity contribution < 1.29 is 32.6 Å². The van der Waals surface area contributed by atoms with Crippen LogP contribution in [0.1, 0.15) is 61.9 Å². The fraction of sp³-hybridized carbons (Fsp3) is 0.296. The highest BCUT2D eigenvalue weighted by molar-refractivity contribution is 7.14. The summed E-state index contributed by atoms with van der Waals surface area (Å²) in [5, 5.41) is 13.0. The van der Waals surface area contributed by atoms with E-state index in [4.69, 9.17) is 9.84 Å². The summed E-state index contributed by atoms with van der Waals surface area (Å²) < 4.78 is 49.4. The first-order valence-corrected chi connectivity index (χ1v) is 12.7. The van der Waals surface area contributed by atoms with E-state index in [0.717, 1.165) is 61.6 Å². The molecule has 6 nitrogen and oxygen atoms in total. The Kier molecular flexibility index (Phi) is 9.85. The standard InChI is InChI=1S/C27H27F3N2O4S/c1-3-4-5-6-7-11-36-23-10-8-9-18(24(23)30)22-15-37-27(31-22)32-25(33)17-13-20(28)19(21(29)14-17)12-16(2)26(34)35/h8-10,12-15H,3-7,11H2,1-2H3,(H,34,35)(H,31,32,33). The average Bonchev–Trinajstić information content (AvgIpc) is 3.32. The van der Waals surface area contributed by atoms with Crippen LogP contribution in [0.25, 0.3) is 17.3 Å². The van der Waals surface area contributed by atoms with Crippen LogP contribution in [-0.2, 0) is 4.79 Å². The fourth-order valence-corrected chi connectivity index (χ4v) is 4.17. The number of carbonyl (C=O) groups is 2. The van der Waals surface area contributed by atoms with Gasteiger partial charge in [-0.15, -0.1) is 11.3 Å². The summed E-state index contributed by atoms with van der Waals surface area (Å²) in [6.45, 7) is 3.73. The van der Waals surface area contributed by atoms with Crippen LogP contribution in [0, 0.1) is 17.5 Å². The molecule has 0 saturated carbocycles. The van der Waals surface area contributed by atoms with E-state index in [0.29, 0.717) is 6.61 Å². The lowest BCUT2D eigenvalue weighted by molar-refractivity contribution is -0.132. The van der Waals surface area contributed by atoms with Crippen molar-refractivity contribution in [2.45, 2.75) is 46.0 Å². The number of aliphatic carboxylic acids is 1. The molecule has 1 aromatic heterocycles. The highest BCUT2D eigenvalue weighted by atomic mass is 32.1. The number of aromatic nitrogens is 1. The molecule has 0 fully saturated rings. The Morgan fingerprint density at radius 1 is 1.11 bits per heavy atom. The van der Waals surface area contributed by atoms with Gasteiger partial charge in [0.25, 0.3) is 5.91 Å². The number of unbranched alkanes of at least 4 members (excludes halogenated alkanes) is 4. The van der Waals surface area contributed by atoms with Crippen LogP contribution in [-0.4, -0.2) is 28.6 Å². The maximum absolute atomic E-state index is 15.0. The minimum atomic E-state index is -1.32. The summed E-state index contributed by atoms with van der Waals surface area (Å²) in [5.41, 5.74) is -0.682. The molecule has 0 bridgehead atoms. The second-order valence-corrected chi connectivity index (χ2v) is 9.22. The van der Waals surface area contributed by atoms with Gasteiger partial charge in [-0.1, -0.05) is 38.7 Å². The van der Waals surface area contributed by atoms with Gasteiger partial charge in [-0.3, -0.25) is 10.1 Å². The Morgan fingerprint density at radius 2 is 1.81 bits per heavy atom. The number of rotatable bonds is 12. The van der Waals surface area contributed by atoms with E-state index in [9.17, 15) is 18.4 Å². The lowest BCUT2D eigenvalue weighted by atomic mass is 10.1. The summed E-state index contributed by atoms with van der Waals surface area (Å²) in [5.74, 6) is -4.78. The molecule has 0 saturated heterocycles. The largest absolute Gasteiger partial charge is 0.490 e. The zero-order valence-corrected chi connectivity index (χ0v) is 21.3. The molecule has 3 aromatic rings. The van der Waals surface area contributed by atoms with Crippen molar-refractivity contribution in [3.05, 3.63) is 69.9 Å². The van der Waals surface area contributed by atoms with Gasteiger partial charge in [0.2, 0.25) is 0 Å². The van der Waals surface area contributed by atoms with Gasteiger partial charge in [0.1, 0.15) is 11.6 Å². The summed E-state index contributed by atoms with van der Waals surface area (Å²) in [4.78, 5) is 27.7. The summed E-state index contributed by atoms with van der Waals surface area (Å²) in [6.07, 6.45) is 6.10. The molecule has 0 unspecified atom stereocenters. The van der Waals surface area contributed by atoms with Gasteiger partial charge in [0, 0.05) is 27.6 Å². The molecule has 0 aliphatic carbocycles. The number of benzene rings is 2. The highest BCUT2D eigenvalue weighted by Gasteiger charge is 2.18. The molecule has 0 atom stereocenters. The Morgan fingerprint density at radius 3 is 2.49 bits per heavy atom. The topological polar surface area (TPSA) is 88.5 Å². The molecule has 1 amide bonds. The van der Waals surface area contributed by atoms with Crippen molar-refractivity contribution in [3.8, 4) is 17.0 Å². The molecule has 0 aliphatic rings. The van der Waals surface area contributed by atoms with Gasteiger partial charge >= 0.3 is 5.97 Å². The first-order valence-electron chi connectivity index (χ1n) is 11.8. The van der Waals surface area contributed by atoms with Crippen molar-refractivity contribution >= 4 is 34.4 Å². The first-order chi connectivity index (χ1) is 17.7. The van der Waals surface area contributed by atoms with Crippen molar-refractivity contribution in [2.75, 3.05) is 11.9 Å². The normalized spacial score (nSPS) is 11.4. The maximum atomic E-state index is 15.0. The van der Waals surface area contributed by atoms with Crippen molar-refractivity contribution in [3.63, 3.8) is 0 Å². The SMILES string of the molecule is CCCCCCCOc1cccc(-c2csc(NC(=O)c3cc(F)c(C=C(C)C(=O)O)c(F)c3)n2)c1F. The van der Waals surface area contributed by atoms with Gasteiger partial charge in [-0.2, -0.15) is 0 Å². The minimum Gasteiger partial charge on any atom is -0.490 e. The Balaban J connectivity index is 1.70. The zero-order chi connectivity index (χ0) is 26.9. The fourth-order valence-electron chi connectivity index (χ4n) is 3.46. The number of carbonyl (C=O) groups excluding carboxylic acids is 1. The van der Waals surface area contributed by atoms with E-state index in [1.54, 1.807) is 23.6 Å². The quantitative estimate of drug-likeness (QED) is 0.189. The predicted molar refractivity (Wildman–Crippen MR) is 137 cm³/mol. The number of amides is 1. The third kappa shape index (κ3) is 7.42. The van der Waals surface area contributed by atoms with E-state index >= 15 is 4.39 Å². The number of thiazole rings is 1. The van der Waals surface area contributed by atoms with Crippen molar-refractivity contribution in [2.24, 2.45) is 0 Å². The highest BCUT2D eigenvalue weighted by Crippen LogP contribution is 2.32. The van der Waals surface area contributed by atoms with Crippen LogP contribution < -0.4 is 10.1 Å². The second-order valence-electron chi connectivity index (χ2n) is 8.36. The third-order valence-electron chi connectivity index (χ3n) is 5.51. The number of ether oxygens (including phenoxy) is 1. The van der Waals surface area contributed by atoms with E-state index < -0.39 is 34.9 Å². The number of anilines is 1. The van der Waals surface area contributed by atoms with Gasteiger partial charge < -0.3 is 9.84 Å². The molecule has 2 aromatic carbocycles. The van der Waals surface area contributed by atoms with Gasteiger partial charge in [-0.25, -0.2) is 22.9 Å². The Hall–Kier alpha value is -3.66. The van der Waals surface area contributed by atoms with Crippen molar-refractivity contribution in [1.82, 2.24) is 4.98 Å². The number of hydrogen-bond acceptors (Lipinski definition) is 5. The number of nitrogens with one attached hydrogen (secondary N) is 1.